The number of nitrogens with zero attached hydrogens (tertiary/aromatic N) is 2. The Balaban J connectivity index is 1.33. The summed E-state index contributed by atoms with van der Waals surface area (Å²) in [5.41, 5.74) is -1.05. The second-order valence-electron chi connectivity index (χ2n) is 9.48. The van der Waals surface area contributed by atoms with Gasteiger partial charge in [0.1, 0.15) is 16.6 Å². The van der Waals surface area contributed by atoms with Gasteiger partial charge in [-0.3, -0.25) is 29.4 Å². The van der Waals surface area contributed by atoms with Crippen molar-refractivity contribution in [1.82, 2.24) is 20.5 Å². The number of rotatable bonds is 5. The van der Waals surface area contributed by atoms with Crippen LogP contribution in [0.15, 0.2) is 24.3 Å². The number of piperidine rings is 1. The normalized spacial score (nSPS) is 17.4. The van der Waals surface area contributed by atoms with E-state index in [9.17, 15) is 32.8 Å². The van der Waals surface area contributed by atoms with Gasteiger partial charge in [0, 0.05) is 18.2 Å². The minimum atomic E-state index is -1.16. The molecule has 6 amide bonds. The highest BCUT2D eigenvalue weighted by molar-refractivity contribution is 7.18. The fraction of sp³-hybridized carbons (Fsp3) is 0.280. The summed E-state index contributed by atoms with van der Waals surface area (Å²) in [7, 11) is 1.22. The number of carbonyl (C=O) groups is 5. The van der Waals surface area contributed by atoms with Gasteiger partial charge in [0.15, 0.2) is 11.6 Å². The number of aromatic nitrogens is 1. The number of carbonyl (C=O) groups excluding carboxylic acids is 5. The van der Waals surface area contributed by atoms with Crippen molar-refractivity contribution in [1.29, 1.82) is 0 Å². The number of imide groups is 2. The fourth-order valence-corrected chi connectivity index (χ4v) is 5.50. The van der Waals surface area contributed by atoms with Crippen molar-refractivity contribution in [3.63, 3.8) is 0 Å². The van der Waals surface area contributed by atoms with Crippen LogP contribution in [-0.2, 0) is 15.1 Å². The Kier molecular flexibility index (Phi) is 6.29. The van der Waals surface area contributed by atoms with Crippen molar-refractivity contribution in [3.05, 3.63) is 52.0 Å². The number of halogens is 2. The lowest BCUT2D eigenvalue weighted by Gasteiger charge is -2.27. The van der Waals surface area contributed by atoms with Crippen LogP contribution < -0.4 is 20.7 Å². The van der Waals surface area contributed by atoms with Crippen LogP contribution in [-0.4, -0.2) is 52.7 Å². The second-order valence-corrected chi connectivity index (χ2v) is 10.5. The predicted octanol–water partition coefficient (Wildman–Crippen LogP) is 3.04. The van der Waals surface area contributed by atoms with Crippen LogP contribution in [0.4, 0.5) is 19.3 Å². The molecule has 0 radical (unpaired) electrons. The van der Waals surface area contributed by atoms with Crippen molar-refractivity contribution in [2.75, 3.05) is 12.4 Å². The lowest BCUT2D eigenvalue weighted by atomic mass is 10.0. The average Bonchev–Trinajstić information content (AvgIpc) is 3.41. The van der Waals surface area contributed by atoms with Gasteiger partial charge < -0.3 is 15.4 Å². The van der Waals surface area contributed by atoms with Gasteiger partial charge in [-0.15, -0.1) is 11.3 Å². The molecule has 202 valence electrons. The molecular weight excluding hydrogens is 536 g/mol. The molecule has 0 spiro atoms. The zero-order valence-electron chi connectivity index (χ0n) is 20.8. The second kappa shape index (κ2) is 9.38. The lowest BCUT2D eigenvalue weighted by Crippen LogP contribution is -2.54. The number of hydrogen-bond donors (Lipinski definition) is 3. The first kappa shape index (κ1) is 26.2. The molecule has 5 rings (SSSR count). The molecule has 0 bridgehead atoms. The van der Waals surface area contributed by atoms with E-state index >= 15 is 0 Å². The molecular formula is C25H21F2N5O6S. The fourth-order valence-electron chi connectivity index (χ4n) is 4.45. The molecule has 2 aliphatic rings. The molecule has 2 aliphatic heterocycles. The van der Waals surface area contributed by atoms with Gasteiger partial charge in [0.05, 0.1) is 28.5 Å². The largest absolute Gasteiger partial charge is 0.494 e. The van der Waals surface area contributed by atoms with E-state index in [2.05, 4.69) is 20.9 Å². The first-order valence-corrected chi connectivity index (χ1v) is 12.5. The van der Waals surface area contributed by atoms with Gasteiger partial charge in [-0.2, -0.15) is 4.39 Å². The molecule has 1 aromatic heterocycles. The topological polar surface area (TPSA) is 147 Å². The number of thiazole rings is 1. The van der Waals surface area contributed by atoms with E-state index < -0.39 is 52.9 Å². The number of methoxy groups -OCH3 is 1. The summed E-state index contributed by atoms with van der Waals surface area (Å²) in [5, 5.41) is 7.71. The standard InChI is InChI=1S/C25H21F2N5O6S/c1-25(2,23-30-19-15(39-23)9-14(38-3)17(26)18(19)27)31-24(37)28-10-4-5-11-12(8-10)22(36)32(21(11)35)13-6-7-16(33)29-20(13)34/h4-5,8-9,13H,6-7H2,1-3H3,(H2,28,31,37)(H,29,33,34). The molecule has 11 nitrogen and oxygen atoms in total. The van der Waals surface area contributed by atoms with E-state index in [0.29, 0.717) is 9.71 Å². The van der Waals surface area contributed by atoms with Crippen molar-refractivity contribution >= 4 is 56.9 Å². The summed E-state index contributed by atoms with van der Waals surface area (Å²) in [6.07, 6.45) is 0.0180. The van der Waals surface area contributed by atoms with Gasteiger partial charge in [0.2, 0.25) is 17.6 Å². The van der Waals surface area contributed by atoms with Crippen LogP contribution in [0.2, 0.25) is 0 Å². The summed E-state index contributed by atoms with van der Waals surface area (Å²) < 4.78 is 33.7. The first-order valence-electron chi connectivity index (χ1n) is 11.7. The van der Waals surface area contributed by atoms with E-state index in [1.54, 1.807) is 13.8 Å². The van der Waals surface area contributed by atoms with Crippen molar-refractivity contribution in [3.8, 4) is 5.75 Å². The monoisotopic (exact) mass is 557 g/mol. The van der Waals surface area contributed by atoms with Crippen molar-refractivity contribution in [2.45, 2.75) is 38.3 Å². The molecule has 3 heterocycles. The molecule has 0 aliphatic carbocycles. The molecule has 14 heteroatoms. The van der Waals surface area contributed by atoms with Crippen LogP contribution in [0, 0.1) is 11.6 Å². The quantitative estimate of drug-likeness (QED) is 0.409. The summed E-state index contributed by atoms with van der Waals surface area (Å²) in [6.45, 7) is 3.25. The smallest absolute Gasteiger partial charge is 0.319 e. The Bertz CT molecular complexity index is 1600. The molecule has 1 fully saturated rings. The third-order valence-electron chi connectivity index (χ3n) is 6.41. The van der Waals surface area contributed by atoms with Gasteiger partial charge in [-0.1, -0.05) is 0 Å². The Labute approximate surface area is 223 Å². The SMILES string of the molecule is COc1cc2sc(C(C)(C)NC(=O)Nc3ccc4c(c3)C(=O)N(C3CCC(=O)NC3=O)C4=O)nc2c(F)c1F. The van der Waals surface area contributed by atoms with Crippen molar-refractivity contribution < 1.29 is 37.5 Å². The molecule has 0 saturated carbocycles. The molecule has 2 aromatic carbocycles. The number of anilines is 1. The van der Waals surface area contributed by atoms with Crippen molar-refractivity contribution in [2.24, 2.45) is 0 Å². The number of benzene rings is 2. The molecule has 1 unspecified atom stereocenters. The number of ether oxygens (including phenoxy) is 1. The summed E-state index contributed by atoms with van der Waals surface area (Å²) in [4.78, 5) is 67.3. The Morgan fingerprint density at radius 3 is 2.54 bits per heavy atom. The Morgan fingerprint density at radius 2 is 1.85 bits per heavy atom. The first-order chi connectivity index (χ1) is 18.4. The molecule has 39 heavy (non-hydrogen) atoms. The minimum absolute atomic E-state index is 0.000572. The predicted molar refractivity (Wildman–Crippen MR) is 134 cm³/mol. The number of nitrogens with one attached hydrogen (secondary N) is 3. The zero-order valence-corrected chi connectivity index (χ0v) is 21.6. The van der Waals surface area contributed by atoms with E-state index in [0.717, 1.165) is 16.2 Å². The molecule has 1 saturated heterocycles. The average molecular weight is 558 g/mol. The van der Waals surface area contributed by atoms with E-state index in [1.807, 2.05) is 0 Å². The van der Waals surface area contributed by atoms with Crippen LogP contribution >= 0.6 is 11.3 Å². The van der Waals surface area contributed by atoms with Crippen LogP contribution in [0.1, 0.15) is 52.4 Å². The summed E-state index contributed by atoms with van der Waals surface area (Å²) in [5.74, 6) is -5.17. The maximum Gasteiger partial charge on any atom is 0.319 e. The Hall–Kier alpha value is -4.46. The minimum Gasteiger partial charge on any atom is -0.494 e. The van der Waals surface area contributed by atoms with Crippen LogP contribution in [0.3, 0.4) is 0 Å². The molecule has 1 atom stereocenters. The van der Waals surface area contributed by atoms with E-state index in [-0.39, 0.29) is 40.9 Å². The summed E-state index contributed by atoms with van der Waals surface area (Å²) in [6, 6.07) is 3.62. The third-order valence-corrected chi connectivity index (χ3v) is 7.74. The maximum absolute atomic E-state index is 14.4. The van der Waals surface area contributed by atoms with Gasteiger partial charge >= 0.3 is 6.03 Å². The third kappa shape index (κ3) is 4.46. The summed E-state index contributed by atoms with van der Waals surface area (Å²) >= 11 is 1.05. The van der Waals surface area contributed by atoms with Crippen LogP contribution in [0.5, 0.6) is 5.75 Å². The highest BCUT2D eigenvalue weighted by atomic mass is 32.1. The van der Waals surface area contributed by atoms with Gasteiger partial charge in [-0.05, 0) is 38.5 Å². The highest BCUT2D eigenvalue weighted by Gasteiger charge is 2.44. The lowest BCUT2D eigenvalue weighted by molar-refractivity contribution is -0.136. The van der Waals surface area contributed by atoms with E-state index in [4.69, 9.17) is 4.74 Å². The number of hydrogen-bond acceptors (Lipinski definition) is 8. The van der Waals surface area contributed by atoms with E-state index in [1.165, 1.54) is 31.4 Å². The maximum atomic E-state index is 14.4. The highest BCUT2D eigenvalue weighted by Crippen LogP contribution is 2.36. The number of amides is 6. The van der Waals surface area contributed by atoms with Crippen LogP contribution in [0.25, 0.3) is 10.2 Å². The molecule has 3 aromatic rings. The molecule has 3 N–H and O–H groups in total. The Morgan fingerprint density at radius 1 is 1.13 bits per heavy atom. The number of fused-ring (bicyclic) bond motifs is 2. The number of urea groups is 1. The zero-order chi connectivity index (χ0) is 28.2. The van der Waals surface area contributed by atoms with Gasteiger partial charge in [-0.25, -0.2) is 14.2 Å². The van der Waals surface area contributed by atoms with Gasteiger partial charge in [0.25, 0.3) is 11.8 Å².